The molecule has 1 fully saturated rings. The third kappa shape index (κ3) is 4.84. The van der Waals surface area contributed by atoms with Crippen molar-refractivity contribution < 1.29 is 23.2 Å². The number of rotatable bonds is 5. The Morgan fingerprint density at radius 2 is 1.79 bits per heavy atom. The lowest BCUT2D eigenvalue weighted by Crippen LogP contribution is -2.50. The van der Waals surface area contributed by atoms with E-state index in [4.69, 9.17) is 0 Å². The van der Waals surface area contributed by atoms with E-state index >= 15 is 0 Å². The second-order valence-electron chi connectivity index (χ2n) is 6.08. The average molecular weight is 392 g/mol. The highest BCUT2D eigenvalue weighted by Crippen LogP contribution is 2.22. The summed E-state index contributed by atoms with van der Waals surface area (Å²) in [6.45, 7) is -0.885. The number of hydrogen-bond acceptors (Lipinski definition) is 5. The van der Waals surface area contributed by atoms with Crippen molar-refractivity contribution >= 4 is 23.1 Å². The van der Waals surface area contributed by atoms with Crippen LogP contribution in [-0.2, 0) is 0 Å². The van der Waals surface area contributed by atoms with Gasteiger partial charge in [0.15, 0.2) is 0 Å². The third-order valence-electron chi connectivity index (χ3n) is 4.30. The van der Waals surface area contributed by atoms with E-state index in [0.29, 0.717) is 31.9 Å². The Hall–Kier alpha value is -3.43. The molecule has 28 heavy (non-hydrogen) atoms. The number of nitrogens with one attached hydrogen (secondary N) is 1. The van der Waals surface area contributed by atoms with Gasteiger partial charge in [-0.3, -0.25) is 10.1 Å². The van der Waals surface area contributed by atoms with Crippen LogP contribution in [0.25, 0.3) is 0 Å². The van der Waals surface area contributed by atoms with Gasteiger partial charge in [0.1, 0.15) is 5.75 Å². The van der Waals surface area contributed by atoms with Crippen LogP contribution in [0.3, 0.4) is 0 Å². The summed E-state index contributed by atoms with van der Waals surface area (Å²) in [5, 5.41) is 13.4. The topological polar surface area (TPSA) is 88.0 Å². The van der Waals surface area contributed by atoms with Crippen LogP contribution in [0.4, 0.5) is 30.6 Å². The van der Waals surface area contributed by atoms with Gasteiger partial charge in [0, 0.05) is 55.8 Å². The molecule has 0 saturated carbocycles. The third-order valence-corrected chi connectivity index (χ3v) is 4.30. The number of piperazine rings is 1. The molecule has 10 heteroatoms. The van der Waals surface area contributed by atoms with E-state index in [9.17, 15) is 23.7 Å². The standard InChI is InChI=1S/C18H18F2N4O4/c19-17(20)28-16-3-1-2-13(12-16)21-18(25)23-10-8-22(9-11-23)14-4-6-15(7-5-14)24(26)27/h1-7,12,17H,8-11H2,(H,21,25). The van der Waals surface area contributed by atoms with E-state index in [2.05, 4.69) is 10.1 Å². The first kappa shape index (κ1) is 19.3. The first-order valence-electron chi connectivity index (χ1n) is 8.52. The van der Waals surface area contributed by atoms with E-state index in [0.717, 1.165) is 5.69 Å². The van der Waals surface area contributed by atoms with Crippen LogP contribution in [0.15, 0.2) is 48.5 Å². The number of amides is 2. The molecule has 0 aromatic heterocycles. The fourth-order valence-corrected chi connectivity index (χ4v) is 2.91. The first-order chi connectivity index (χ1) is 13.4. The minimum Gasteiger partial charge on any atom is -0.435 e. The summed E-state index contributed by atoms with van der Waals surface area (Å²) < 4.78 is 28.9. The van der Waals surface area contributed by atoms with Gasteiger partial charge in [-0.15, -0.1) is 0 Å². The molecule has 1 saturated heterocycles. The molecule has 2 amide bonds. The largest absolute Gasteiger partial charge is 0.435 e. The zero-order valence-corrected chi connectivity index (χ0v) is 14.8. The van der Waals surface area contributed by atoms with Crippen LogP contribution in [0.1, 0.15) is 0 Å². The van der Waals surface area contributed by atoms with Crippen molar-refractivity contribution in [3.63, 3.8) is 0 Å². The van der Waals surface area contributed by atoms with Gasteiger partial charge in [0.2, 0.25) is 0 Å². The maximum Gasteiger partial charge on any atom is 0.387 e. The molecule has 1 N–H and O–H groups in total. The van der Waals surface area contributed by atoms with Gasteiger partial charge in [-0.2, -0.15) is 8.78 Å². The molecule has 0 bridgehead atoms. The van der Waals surface area contributed by atoms with Crippen LogP contribution < -0.4 is 15.0 Å². The van der Waals surface area contributed by atoms with Gasteiger partial charge in [-0.25, -0.2) is 4.79 Å². The Morgan fingerprint density at radius 3 is 2.39 bits per heavy atom. The second-order valence-corrected chi connectivity index (χ2v) is 6.08. The highest BCUT2D eigenvalue weighted by atomic mass is 19.3. The fraction of sp³-hybridized carbons (Fsp3) is 0.278. The quantitative estimate of drug-likeness (QED) is 0.621. The smallest absolute Gasteiger partial charge is 0.387 e. The predicted octanol–water partition coefficient (Wildman–Crippen LogP) is 3.55. The summed E-state index contributed by atoms with van der Waals surface area (Å²) in [6, 6.07) is 11.7. The van der Waals surface area contributed by atoms with Crippen LogP contribution in [0.2, 0.25) is 0 Å². The van der Waals surface area contributed by atoms with Crippen LogP contribution in [0.5, 0.6) is 5.75 Å². The van der Waals surface area contributed by atoms with Crippen LogP contribution in [0, 0.1) is 10.1 Å². The minimum atomic E-state index is -2.93. The van der Waals surface area contributed by atoms with Crippen molar-refractivity contribution in [3.05, 3.63) is 58.6 Å². The molecule has 148 valence electrons. The second kappa shape index (κ2) is 8.51. The van der Waals surface area contributed by atoms with E-state index in [1.165, 1.54) is 30.3 Å². The maximum absolute atomic E-state index is 12.4. The number of nitro groups is 1. The van der Waals surface area contributed by atoms with Crippen molar-refractivity contribution in [2.24, 2.45) is 0 Å². The van der Waals surface area contributed by atoms with Crippen molar-refractivity contribution in [1.82, 2.24) is 4.90 Å². The lowest BCUT2D eigenvalue weighted by molar-refractivity contribution is -0.384. The highest BCUT2D eigenvalue weighted by molar-refractivity contribution is 5.89. The molecule has 0 atom stereocenters. The molecule has 3 rings (SSSR count). The summed E-state index contributed by atoms with van der Waals surface area (Å²) in [5.74, 6) is -0.0317. The van der Waals surface area contributed by atoms with Crippen molar-refractivity contribution in [1.29, 1.82) is 0 Å². The number of ether oxygens (including phenoxy) is 1. The first-order valence-corrected chi connectivity index (χ1v) is 8.52. The molecular formula is C18H18F2N4O4. The van der Waals surface area contributed by atoms with Gasteiger partial charge in [0.05, 0.1) is 4.92 Å². The predicted molar refractivity (Wildman–Crippen MR) is 99.0 cm³/mol. The van der Waals surface area contributed by atoms with Gasteiger partial charge >= 0.3 is 12.6 Å². The number of nitro benzene ring substituents is 1. The molecule has 2 aromatic carbocycles. The Bertz CT molecular complexity index is 840. The molecule has 2 aromatic rings. The Balaban J connectivity index is 1.54. The zero-order valence-electron chi connectivity index (χ0n) is 14.8. The number of non-ortho nitro benzene ring substituents is 1. The number of hydrogen-bond donors (Lipinski definition) is 1. The lowest BCUT2D eigenvalue weighted by Gasteiger charge is -2.36. The molecule has 0 spiro atoms. The lowest BCUT2D eigenvalue weighted by atomic mass is 10.2. The maximum atomic E-state index is 12.4. The molecular weight excluding hydrogens is 374 g/mol. The van der Waals surface area contributed by atoms with E-state index < -0.39 is 11.5 Å². The molecule has 1 heterocycles. The van der Waals surface area contributed by atoms with Gasteiger partial charge in [-0.1, -0.05) is 6.07 Å². The van der Waals surface area contributed by atoms with E-state index in [-0.39, 0.29) is 17.5 Å². The van der Waals surface area contributed by atoms with Crippen LogP contribution in [-0.4, -0.2) is 48.6 Å². The minimum absolute atomic E-state index is 0.0276. The molecule has 0 radical (unpaired) electrons. The molecule has 0 aliphatic carbocycles. The number of carbonyl (C=O) groups is 1. The summed E-state index contributed by atoms with van der Waals surface area (Å²) in [7, 11) is 0. The summed E-state index contributed by atoms with van der Waals surface area (Å²) in [6.07, 6.45) is 0. The Morgan fingerprint density at radius 1 is 1.11 bits per heavy atom. The van der Waals surface area contributed by atoms with Gasteiger partial charge in [0.25, 0.3) is 5.69 Å². The average Bonchev–Trinajstić information content (AvgIpc) is 2.68. The van der Waals surface area contributed by atoms with Crippen molar-refractivity contribution in [2.75, 3.05) is 36.4 Å². The zero-order chi connectivity index (χ0) is 20.1. The van der Waals surface area contributed by atoms with Gasteiger partial charge in [-0.05, 0) is 24.3 Å². The highest BCUT2D eigenvalue weighted by Gasteiger charge is 2.22. The fourth-order valence-electron chi connectivity index (χ4n) is 2.91. The Kier molecular flexibility index (Phi) is 5.87. The summed E-state index contributed by atoms with van der Waals surface area (Å²) >= 11 is 0. The number of benzene rings is 2. The Labute approximate surface area is 159 Å². The van der Waals surface area contributed by atoms with E-state index in [1.807, 2.05) is 4.90 Å². The normalized spacial score (nSPS) is 14.1. The van der Waals surface area contributed by atoms with Crippen molar-refractivity contribution in [3.8, 4) is 5.75 Å². The number of nitrogens with zero attached hydrogens (tertiary/aromatic N) is 3. The number of alkyl halides is 2. The van der Waals surface area contributed by atoms with Crippen molar-refractivity contribution in [2.45, 2.75) is 6.61 Å². The molecule has 1 aliphatic rings. The number of halogens is 2. The number of anilines is 2. The molecule has 1 aliphatic heterocycles. The molecule has 8 nitrogen and oxygen atoms in total. The SMILES string of the molecule is O=C(Nc1cccc(OC(F)F)c1)N1CCN(c2ccc([N+](=O)[O-])cc2)CC1. The van der Waals surface area contributed by atoms with Crippen LogP contribution >= 0.6 is 0 Å². The monoisotopic (exact) mass is 392 g/mol. The molecule has 0 unspecified atom stereocenters. The number of carbonyl (C=O) groups excluding carboxylic acids is 1. The van der Waals surface area contributed by atoms with Gasteiger partial charge < -0.3 is 19.9 Å². The van der Waals surface area contributed by atoms with E-state index in [1.54, 1.807) is 23.1 Å². The summed E-state index contributed by atoms with van der Waals surface area (Å²) in [5.41, 5.74) is 1.24. The summed E-state index contributed by atoms with van der Waals surface area (Å²) in [4.78, 5) is 26.3. The number of urea groups is 1.